The zero-order valence-electron chi connectivity index (χ0n) is 21.0. The number of imidazole rings is 1. The number of hydrogen-bond acceptors (Lipinski definition) is 5. The quantitative estimate of drug-likeness (QED) is 0.249. The molecule has 0 spiro atoms. The highest BCUT2D eigenvalue weighted by atomic mass is 19.4. The third kappa shape index (κ3) is 5.80. The minimum Gasteiger partial charge on any atom is -0.340 e. The molecule has 2 aromatic carbocycles. The van der Waals surface area contributed by atoms with Crippen LogP contribution in [0.1, 0.15) is 27.2 Å². The van der Waals surface area contributed by atoms with Crippen molar-refractivity contribution in [2.75, 3.05) is 10.6 Å². The van der Waals surface area contributed by atoms with E-state index in [4.69, 9.17) is 0 Å². The van der Waals surface area contributed by atoms with Crippen LogP contribution in [0.4, 0.5) is 30.4 Å². The molecule has 0 aliphatic rings. The Hall–Kier alpha value is -4.99. The molecule has 196 valence electrons. The van der Waals surface area contributed by atoms with Gasteiger partial charge in [-0.25, -0.2) is 9.97 Å². The van der Waals surface area contributed by atoms with Crippen molar-refractivity contribution in [2.24, 2.45) is 0 Å². The summed E-state index contributed by atoms with van der Waals surface area (Å²) in [6.07, 6.45) is 3.31. The molecule has 0 saturated carbocycles. The van der Waals surface area contributed by atoms with E-state index in [1.54, 1.807) is 43.7 Å². The van der Waals surface area contributed by atoms with Gasteiger partial charge >= 0.3 is 6.18 Å². The first-order valence-corrected chi connectivity index (χ1v) is 11.9. The van der Waals surface area contributed by atoms with Gasteiger partial charge in [0.15, 0.2) is 0 Å². The van der Waals surface area contributed by atoms with E-state index in [9.17, 15) is 18.0 Å². The van der Waals surface area contributed by atoms with Crippen LogP contribution < -0.4 is 10.6 Å². The van der Waals surface area contributed by atoms with Crippen LogP contribution in [0.15, 0.2) is 91.8 Å². The fourth-order valence-corrected chi connectivity index (χ4v) is 4.07. The van der Waals surface area contributed by atoms with E-state index in [0.29, 0.717) is 17.2 Å². The first kappa shape index (κ1) is 25.7. The molecule has 3 heterocycles. The molecular formula is C29H23F3N6O. The van der Waals surface area contributed by atoms with Gasteiger partial charge in [-0.2, -0.15) is 13.2 Å². The summed E-state index contributed by atoms with van der Waals surface area (Å²) in [4.78, 5) is 25.5. The monoisotopic (exact) mass is 528 g/mol. The van der Waals surface area contributed by atoms with Crippen molar-refractivity contribution < 1.29 is 18.0 Å². The normalized spacial score (nSPS) is 11.3. The Morgan fingerprint density at radius 2 is 1.77 bits per heavy atom. The Bertz CT molecular complexity index is 1650. The van der Waals surface area contributed by atoms with Crippen molar-refractivity contribution in [1.29, 1.82) is 0 Å². The van der Waals surface area contributed by atoms with E-state index < -0.39 is 17.6 Å². The number of aromatic nitrogens is 4. The van der Waals surface area contributed by atoms with Crippen LogP contribution in [0.3, 0.4) is 0 Å². The van der Waals surface area contributed by atoms with Gasteiger partial charge in [0.2, 0.25) is 0 Å². The Morgan fingerprint density at radius 1 is 0.923 bits per heavy atom. The standard InChI is InChI=1S/C29H23F3N6O/c1-18-5-6-21(12-25(18)37-27-13-20(9-11-34-27)22-4-3-10-33-15-22)28(39)36-23-7-8-26(24(14-23)29(30,31)32)38-16-19(2)35-17-38/h3-17H,1-2H3,(H,34,37)(H,36,39). The van der Waals surface area contributed by atoms with Gasteiger partial charge in [0.05, 0.1) is 23.3 Å². The molecule has 10 heteroatoms. The average Bonchev–Trinajstić information content (AvgIpc) is 3.36. The molecule has 0 unspecified atom stereocenters. The zero-order valence-corrected chi connectivity index (χ0v) is 21.0. The van der Waals surface area contributed by atoms with Crippen molar-refractivity contribution in [3.8, 4) is 16.8 Å². The predicted octanol–water partition coefficient (Wildman–Crippen LogP) is 6.96. The van der Waals surface area contributed by atoms with E-state index in [2.05, 4.69) is 25.6 Å². The summed E-state index contributed by atoms with van der Waals surface area (Å²) in [5.41, 5.74) is 3.26. The van der Waals surface area contributed by atoms with Gasteiger partial charge in [0.1, 0.15) is 5.82 Å². The van der Waals surface area contributed by atoms with Crippen LogP contribution in [-0.2, 0) is 6.18 Å². The van der Waals surface area contributed by atoms with Crippen LogP contribution in [0.5, 0.6) is 0 Å². The molecule has 0 aliphatic heterocycles. The largest absolute Gasteiger partial charge is 0.418 e. The fourth-order valence-electron chi connectivity index (χ4n) is 4.07. The maximum Gasteiger partial charge on any atom is 0.418 e. The number of anilines is 3. The molecule has 5 aromatic rings. The molecule has 5 rings (SSSR count). The molecule has 3 aromatic heterocycles. The number of carbonyl (C=O) groups excluding carboxylic acids is 1. The summed E-state index contributed by atoms with van der Waals surface area (Å²) in [6.45, 7) is 3.57. The lowest BCUT2D eigenvalue weighted by molar-refractivity contribution is -0.137. The van der Waals surface area contributed by atoms with E-state index in [1.165, 1.54) is 29.2 Å². The van der Waals surface area contributed by atoms with E-state index in [-0.39, 0.29) is 16.9 Å². The SMILES string of the molecule is Cc1cn(-c2ccc(NC(=O)c3ccc(C)c(Nc4cc(-c5cccnc5)ccn4)c3)cc2C(F)(F)F)cn1. The van der Waals surface area contributed by atoms with Crippen LogP contribution >= 0.6 is 0 Å². The van der Waals surface area contributed by atoms with Gasteiger partial charge in [0.25, 0.3) is 5.91 Å². The minimum atomic E-state index is -4.63. The molecule has 39 heavy (non-hydrogen) atoms. The molecule has 0 saturated heterocycles. The number of hydrogen-bond donors (Lipinski definition) is 2. The number of rotatable bonds is 6. The number of halogens is 3. The summed E-state index contributed by atoms with van der Waals surface area (Å²) >= 11 is 0. The number of benzene rings is 2. The number of pyridine rings is 2. The average molecular weight is 529 g/mol. The molecule has 0 fully saturated rings. The van der Waals surface area contributed by atoms with Crippen LogP contribution in [0.2, 0.25) is 0 Å². The van der Waals surface area contributed by atoms with Crippen molar-refractivity contribution in [1.82, 2.24) is 19.5 Å². The zero-order chi connectivity index (χ0) is 27.6. The molecule has 2 N–H and O–H groups in total. The van der Waals surface area contributed by atoms with Crippen molar-refractivity contribution >= 4 is 23.1 Å². The lowest BCUT2D eigenvalue weighted by Crippen LogP contribution is -2.15. The minimum absolute atomic E-state index is 0.0221. The molecule has 0 bridgehead atoms. The first-order chi connectivity index (χ1) is 18.7. The summed E-state index contributed by atoms with van der Waals surface area (Å²) in [5.74, 6) is 0.0200. The second-order valence-corrected chi connectivity index (χ2v) is 8.93. The van der Waals surface area contributed by atoms with E-state index >= 15 is 0 Å². The highest BCUT2D eigenvalue weighted by Gasteiger charge is 2.34. The summed E-state index contributed by atoms with van der Waals surface area (Å²) < 4.78 is 42.9. The molecule has 1 amide bonds. The topological polar surface area (TPSA) is 84.7 Å². The van der Waals surface area contributed by atoms with Gasteiger partial charge in [-0.05, 0) is 73.5 Å². The maximum atomic E-state index is 13.9. The molecule has 0 atom stereocenters. The van der Waals surface area contributed by atoms with Crippen LogP contribution in [0, 0.1) is 13.8 Å². The summed E-state index contributed by atoms with van der Waals surface area (Å²) in [5, 5.41) is 5.81. The fraction of sp³-hybridized carbons (Fsp3) is 0.103. The van der Waals surface area contributed by atoms with Crippen LogP contribution in [-0.4, -0.2) is 25.4 Å². The number of nitrogens with zero attached hydrogens (tertiary/aromatic N) is 4. The molecule has 0 radical (unpaired) electrons. The lowest BCUT2D eigenvalue weighted by Gasteiger charge is -2.16. The predicted molar refractivity (Wildman–Crippen MR) is 143 cm³/mol. The van der Waals surface area contributed by atoms with Gasteiger partial charge in [-0.3, -0.25) is 9.78 Å². The molecular weight excluding hydrogens is 505 g/mol. The Labute approximate surface area is 222 Å². The van der Waals surface area contributed by atoms with Crippen molar-refractivity contribution in [3.63, 3.8) is 0 Å². The maximum absolute atomic E-state index is 13.9. The van der Waals surface area contributed by atoms with Crippen LogP contribution in [0.25, 0.3) is 16.8 Å². The number of amides is 1. The van der Waals surface area contributed by atoms with Gasteiger partial charge in [-0.1, -0.05) is 12.1 Å². The van der Waals surface area contributed by atoms with E-state index in [0.717, 1.165) is 22.8 Å². The first-order valence-electron chi connectivity index (χ1n) is 11.9. The Kier molecular flexibility index (Phi) is 6.84. The Balaban J connectivity index is 1.38. The van der Waals surface area contributed by atoms with Gasteiger partial charge < -0.3 is 15.2 Å². The summed E-state index contributed by atoms with van der Waals surface area (Å²) in [7, 11) is 0. The number of carbonyl (C=O) groups is 1. The van der Waals surface area contributed by atoms with Crippen molar-refractivity contribution in [3.05, 3.63) is 114 Å². The lowest BCUT2D eigenvalue weighted by atomic mass is 10.1. The highest BCUT2D eigenvalue weighted by molar-refractivity contribution is 6.05. The number of aryl methyl sites for hydroxylation is 2. The third-order valence-electron chi connectivity index (χ3n) is 6.07. The number of alkyl halides is 3. The molecule has 7 nitrogen and oxygen atoms in total. The molecule has 0 aliphatic carbocycles. The van der Waals surface area contributed by atoms with Crippen molar-refractivity contribution in [2.45, 2.75) is 20.0 Å². The second kappa shape index (κ2) is 10.4. The summed E-state index contributed by atoms with van der Waals surface area (Å²) in [6, 6.07) is 16.2. The highest BCUT2D eigenvalue weighted by Crippen LogP contribution is 2.36. The van der Waals surface area contributed by atoms with Gasteiger partial charge in [0, 0.05) is 47.3 Å². The Morgan fingerprint density at radius 3 is 2.49 bits per heavy atom. The third-order valence-corrected chi connectivity index (χ3v) is 6.07. The smallest absolute Gasteiger partial charge is 0.340 e. The second-order valence-electron chi connectivity index (χ2n) is 8.93. The van der Waals surface area contributed by atoms with Gasteiger partial charge in [-0.15, -0.1) is 0 Å². The number of nitrogens with one attached hydrogen (secondary N) is 2. The van der Waals surface area contributed by atoms with E-state index in [1.807, 2.05) is 31.2 Å².